The lowest BCUT2D eigenvalue weighted by atomic mass is 10.0. The zero-order valence-electron chi connectivity index (χ0n) is 29.5. The van der Waals surface area contributed by atoms with Gasteiger partial charge in [-0.3, -0.25) is 9.59 Å². The number of carbonyl (C=O) groups is 2. The Bertz CT molecular complexity index is 2100. The molecule has 0 spiro atoms. The van der Waals surface area contributed by atoms with Crippen LogP contribution in [0.1, 0.15) is 33.3 Å². The average Bonchev–Trinajstić information content (AvgIpc) is 3.19. The Morgan fingerprint density at radius 3 is 2.38 bits per heavy atom. The maximum Gasteiger partial charge on any atom is 0.418 e. The van der Waals surface area contributed by atoms with Gasteiger partial charge in [-0.1, -0.05) is 36.4 Å². The summed E-state index contributed by atoms with van der Waals surface area (Å²) in [7, 11) is 0. The largest absolute Gasteiger partial charge is 0.588 e. The highest BCUT2D eigenvalue weighted by Crippen LogP contribution is 2.36. The minimum atomic E-state index is -4.74. The number of amides is 2. The van der Waals surface area contributed by atoms with Gasteiger partial charge in [0, 0.05) is 66.3 Å². The molecule has 1 atom stereocenters. The molecule has 6 rings (SSSR count). The van der Waals surface area contributed by atoms with E-state index in [-0.39, 0.29) is 34.3 Å². The standard InChI is InChI=1S/C39H36F4N6O4S2/c1-2-53-28-8-6-7-26(23-28)31-13-11-27(24-33(31)40)38(51)49-20-18-48(19-21-49)36-16-15-35(45-46-36)37(50)47-55(52)30-12-14-34(32(25-30)39(41,42)43)44-17-22-54-29-9-4-3-5-10-29/h3-16,23-25,44H,2,17-22H2,1H3,(H,47,50). The highest BCUT2D eigenvalue weighted by Gasteiger charge is 2.35. The van der Waals surface area contributed by atoms with Crippen molar-refractivity contribution in [2.45, 2.75) is 22.9 Å². The van der Waals surface area contributed by atoms with Gasteiger partial charge in [0.15, 0.2) is 16.4 Å². The fourth-order valence-corrected chi connectivity index (χ4v) is 7.43. The first-order chi connectivity index (χ1) is 26.5. The third kappa shape index (κ3) is 10.1. The number of carbonyl (C=O) groups excluding carboxylic acids is 2. The van der Waals surface area contributed by atoms with Crippen molar-refractivity contribution in [1.29, 1.82) is 0 Å². The van der Waals surface area contributed by atoms with Crippen molar-refractivity contribution in [3.63, 3.8) is 0 Å². The Labute approximate surface area is 322 Å². The molecule has 286 valence electrons. The summed E-state index contributed by atoms with van der Waals surface area (Å²) in [6.07, 6.45) is -4.74. The van der Waals surface area contributed by atoms with Gasteiger partial charge < -0.3 is 24.4 Å². The lowest BCUT2D eigenvalue weighted by Crippen LogP contribution is -2.49. The summed E-state index contributed by atoms with van der Waals surface area (Å²) in [5.41, 5.74) is -0.147. The summed E-state index contributed by atoms with van der Waals surface area (Å²) < 4.78 is 77.6. The summed E-state index contributed by atoms with van der Waals surface area (Å²) in [4.78, 5) is 30.3. The van der Waals surface area contributed by atoms with Crippen molar-refractivity contribution in [2.75, 3.05) is 55.3 Å². The van der Waals surface area contributed by atoms with Crippen LogP contribution >= 0.6 is 11.8 Å². The smallest absolute Gasteiger partial charge is 0.418 e. The number of rotatable bonds is 13. The second-order valence-electron chi connectivity index (χ2n) is 12.2. The van der Waals surface area contributed by atoms with Crippen LogP contribution in [0.15, 0.2) is 113 Å². The fourth-order valence-electron chi connectivity index (χ4n) is 5.83. The number of anilines is 2. The monoisotopic (exact) mass is 792 g/mol. The molecule has 1 aromatic heterocycles. The number of nitrogens with one attached hydrogen (secondary N) is 2. The summed E-state index contributed by atoms with van der Waals surface area (Å²) in [5, 5.41) is 10.8. The van der Waals surface area contributed by atoms with E-state index >= 15 is 4.39 Å². The Balaban J connectivity index is 1.01. The molecule has 1 aliphatic heterocycles. The van der Waals surface area contributed by atoms with Crippen LogP contribution in [0.2, 0.25) is 0 Å². The third-order valence-corrected chi connectivity index (χ3v) is 10.6. The highest BCUT2D eigenvalue weighted by atomic mass is 32.2. The Morgan fingerprint density at radius 1 is 0.909 bits per heavy atom. The zero-order valence-corrected chi connectivity index (χ0v) is 31.1. The molecule has 0 radical (unpaired) electrons. The number of ether oxygens (including phenoxy) is 1. The number of hydrogen-bond acceptors (Lipinski definition) is 9. The highest BCUT2D eigenvalue weighted by molar-refractivity contribution is 7.99. The van der Waals surface area contributed by atoms with E-state index in [9.17, 15) is 27.3 Å². The van der Waals surface area contributed by atoms with Crippen LogP contribution in [-0.4, -0.2) is 76.5 Å². The van der Waals surface area contributed by atoms with E-state index in [0.717, 1.165) is 11.0 Å². The lowest BCUT2D eigenvalue weighted by Gasteiger charge is -2.35. The molecular weight excluding hydrogens is 757 g/mol. The number of alkyl halides is 3. The molecule has 1 saturated heterocycles. The molecule has 10 nitrogen and oxygen atoms in total. The minimum absolute atomic E-state index is 0.164. The Hall–Kier alpha value is -5.32. The van der Waals surface area contributed by atoms with E-state index in [1.165, 1.54) is 42.1 Å². The molecular formula is C39H36F4N6O4S2. The molecule has 1 unspecified atom stereocenters. The lowest BCUT2D eigenvalue weighted by molar-refractivity contribution is -0.137. The summed E-state index contributed by atoms with van der Waals surface area (Å²) in [5.74, 6) is -0.160. The van der Waals surface area contributed by atoms with Crippen molar-refractivity contribution in [1.82, 2.24) is 19.8 Å². The van der Waals surface area contributed by atoms with E-state index in [1.54, 1.807) is 41.3 Å². The zero-order chi connectivity index (χ0) is 39.0. The molecule has 1 fully saturated rings. The van der Waals surface area contributed by atoms with Gasteiger partial charge in [-0.15, -0.1) is 22.0 Å². The normalized spacial score (nSPS) is 13.6. The number of hydrogen-bond donors (Lipinski definition) is 2. The van der Waals surface area contributed by atoms with Gasteiger partial charge in [-0.2, -0.15) is 17.9 Å². The Morgan fingerprint density at radius 2 is 1.69 bits per heavy atom. The van der Waals surface area contributed by atoms with Gasteiger partial charge in [-0.05, 0) is 73.2 Å². The molecule has 55 heavy (non-hydrogen) atoms. The number of aromatic nitrogens is 2. The number of thioether (sulfide) groups is 1. The van der Waals surface area contributed by atoms with Crippen LogP contribution < -0.4 is 19.7 Å². The Kier molecular flexibility index (Phi) is 12.8. The van der Waals surface area contributed by atoms with Gasteiger partial charge in [-0.25, -0.2) is 4.39 Å². The maximum atomic E-state index is 15.1. The molecule has 0 aliphatic carbocycles. The van der Waals surface area contributed by atoms with Crippen molar-refractivity contribution >= 4 is 46.4 Å². The third-order valence-electron chi connectivity index (χ3n) is 8.57. The molecule has 2 N–H and O–H groups in total. The molecule has 2 heterocycles. The van der Waals surface area contributed by atoms with E-state index in [0.29, 0.717) is 61.2 Å². The summed E-state index contributed by atoms with van der Waals surface area (Å²) >= 11 is -0.829. The molecule has 16 heteroatoms. The maximum absolute atomic E-state index is 15.1. The fraction of sp³-hybridized carbons (Fsp3) is 0.231. The van der Waals surface area contributed by atoms with Crippen LogP contribution in [0.25, 0.3) is 11.1 Å². The van der Waals surface area contributed by atoms with E-state index in [2.05, 4.69) is 20.2 Å². The van der Waals surface area contributed by atoms with Gasteiger partial charge in [0.2, 0.25) is 0 Å². The average molecular weight is 793 g/mol. The molecule has 5 aromatic rings. The van der Waals surface area contributed by atoms with Crippen molar-refractivity contribution in [2.24, 2.45) is 0 Å². The molecule has 0 saturated carbocycles. The van der Waals surface area contributed by atoms with E-state index in [4.69, 9.17) is 4.74 Å². The van der Waals surface area contributed by atoms with Crippen molar-refractivity contribution < 1.29 is 36.4 Å². The predicted molar refractivity (Wildman–Crippen MR) is 204 cm³/mol. The quantitative estimate of drug-likeness (QED) is 0.0547. The van der Waals surface area contributed by atoms with Crippen molar-refractivity contribution in [3.8, 4) is 16.9 Å². The summed E-state index contributed by atoms with van der Waals surface area (Å²) in [6, 6.07) is 27.0. The number of halogens is 4. The van der Waals surface area contributed by atoms with Crippen LogP contribution in [-0.2, 0) is 17.5 Å². The number of nitrogens with zero attached hydrogens (tertiary/aromatic N) is 4. The van der Waals surface area contributed by atoms with Crippen LogP contribution in [0.3, 0.4) is 0 Å². The molecule has 1 aliphatic rings. The van der Waals surface area contributed by atoms with Gasteiger partial charge in [0.05, 0.1) is 12.2 Å². The van der Waals surface area contributed by atoms with Gasteiger partial charge >= 0.3 is 12.1 Å². The van der Waals surface area contributed by atoms with Crippen LogP contribution in [0.5, 0.6) is 5.75 Å². The number of piperazine rings is 1. The molecule has 0 bridgehead atoms. The summed E-state index contributed by atoms with van der Waals surface area (Å²) in [6.45, 7) is 4.02. The first-order valence-electron chi connectivity index (χ1n) is 17.3. The first kappa shape index (κ1) is 39.4. The van der Waals surface area contributed by atoms with Crippen LogP contribution in [0.4, 0.5) is 29.1 Å². The van der Waals surface area contributed by atoms with E-state index in [1.807, 2.05) is 42.2 Å². The first-order valence-corrected chi connectivity index (χ1v) is 19.4. The van der Waals surface area contributed by atoms with Gasteiger partial charge in [0.25, 0.3) is 5.91 Å². The van der Waals surface area contributed by atoms with Crippen LogP contribution in [0, 0.1) is 5.82 Å². The second kappa shape index (κ2) is 17.9. The molecule has 2 amide bonds. The second-order valence-corrected chi connectivity index (χ2v) is 14.6. The predicted octanol–water partition coefficient (Wildman–Crippen LogP) is 7.32. The number of benzene rings is 4. The van der Waals surface area contributed by atoms with Gasteiger partial charge in [0.1, 0.15) is 22.9 Å². The van der Waals surface area contributed by atoms with E-state index < -0.39 is 34.8 Å². The topological polar surface area (TPSA) is 123 Å². The van der Waals surface area contributed by atoms with Crippen molar-refractivity contribution in [3.05, 3.63) is 126 Å². The SMILES string of the molecule is CCOc1cccc(-c2ccc(C(=O)N3CCN(c4ccc(C(=O)N[S+]([O-])c5ccc(NCCSc6ccccc6)c(C(F)(F)F)c5)nn4)CC3)cc2F)c1. The minimum Gasteiger partial charge on any atom is -0.588 e. The molecule has 4 aromatic carbocycles.